The lowest BCUT2D eigenvalue weighted by molar-refractivity contribution is 0.0745. The Kier molecular flexibility index (Phi) is 4.64. The number of carbonyl (C=O) groups excluding carboxylic acids is 1. The van der Waals surface area contributed by atoms with E-state index in [-0.39, 0.29) is 5.91 Å². The van der Waals surface area contributed by atoms with Gasteiger partial charge in [0, 0.05) is 37.6 Å². The number of nitrogen functional groups attached to an aromatic ring is 1. The van der Waals surface area contributed by atoms with Crippen LogP contribution in [0.25, 0.3) is 10.9 Å². The highest BCUT2D eigenvalue weighted by Crippen LogP contribution is 2.34. The Labute approximate surface area is 161 Å². The number of furan rings is 1. The number of ether oxygens (including phenoxy) is 2. The van der Waals surface area contributed by atoms with Gasteiger partial charge in [-0.05, 0) is 12.1 Å². The minimum Gasteiger partial charge on any atom is -0.493 e. The van der Waals surface area contributed by atoms with Gasteiger partial charge in [-0.25, -0.2) is 4.98 Å². The second-order valence-corrected chi connectivity index (χ2v) is 6.42. The molecule has 0 saturated carbocycles. The van der Waals surface area contributed by atoms with Gasteiger partial charge in [0.05, 0.1) is 31.6 Å². The average Bonchev–Trinajstić information content (AvgIpc) is 3.27. The summed E-state index contributed by atoms with van der Waals surface area (Å²) in [4.78, 5) is 25.3. The molecule has 0 unspecified atom stereocenters. The molecule has 1 saturated heterocycles. The molecule has 1 fully saturated rings. The number of hydrogen-bond acceptors (Lipinski definition) is 8. The predicted octanol–water partition coefficient (Wildman–Crippen LogP) is 1.78. The molecule has 4 rings (SSSR count). The van der Waals surface area contributed by atoms with Crippen molar-refractivity contribution in [1.29, 1.82) is 0 Å². The second-order valence-electron chi connectivity index (χ2n) is 6.42. The highest BCUT2D eigenvalue weighted by Gasteiger charge is 2.25. The summed E-state index contributed by atoms with van der Waals surface area (Å²) in [5.41, 5.74) is 7.40. The van der Waals surface area contributed by atoms with E-state index in [1.54, 1.807) is 37.3 Å². The molecule has 1 amide bonds. The summed E-state index contributed by atoms with van der Waals surface area (Å²) in [5.74, 6) is 2.02. The zero-order chi connectivity index (χ0) is 19.7. The first-order chi connectivity index (χ1) is 13.6. The van der Waals surface area contributed by atoms with Gasteiger partial charge in [-0.1, -0.05) is 0 Å². The van der Waals surface area contributed by atoms with E-state index in [1.165, 1.54) is 12.5 Å². The number of nitrogens with zero attached hydrogens (tertiary/aromatic N) is 4. The molecule has 28 heavy (non-hydrogen) atoms. The topological polar surface area (TPSA) is 107 Å². The van der Waals surface area contributed by atoms with Crippen LogP contribution >= 0.6 is 0 Å². The van der Waals surface area contributed by atoms with Gasteiger partial charge in [0.25, 0.3) is 5.91 Å². The maximum Gasteiger partial charge on any atom is 0.257 e. The molecular weight excluding hydrogens is 362 g/mol. The first-order valence-corrected chi connectivity index (χ1v) is 8.86. The van der Waals surface area contributed by atoms with Crippen LogP contribution in [0, 0.1) is 0 Å². The van der Waals surface area contributed by atoms with Crippen LogP contribution in [0.2, 0.25) is 0 Å². The molecule has 0 aliphatic carbocycles. The number of rotatable bonds is 4. The van der Waals surface area contributed by atoms with E-state index in [1.807, 2.05) is 4.90 Å². The number of anilines is 2. The smallest absolute Gasteiger partial charge is 0.257 e. The fourth-order valence-corrected chi connectivity index (χ4v) is 3.29. The van der Waals surface area contributed by atoms with E-state index in [9.17, 15) is 4.79 Å². The Balaban J connectivity index is 1.56. The van der Waals surface area contributed by atoms with Crippen molar-refractivity contribution in [2.24, 2.45) is 0 Å². The maximum atomic E-state index is 12.4. The number of hydrogen-bond donors (Lipinski definition) is 1. The number of fused-ring (bicyclic) bond motifs is 1. The van der Waals surface area contributed by atoms with Crippen molar-refractivity contribution in [3.05, 3.63) is 36.3 Å². The zero-order valence-corrected chi connectivity index (χ0v) is 15.7. The van der Waals surface area contributed by atoms with Gasteiger partial charge in [-0.15, -0.1) is 0 Å². The third kappa shape index (κ3) is 3.15. The quantitative estimate of drug-likeness (QED) is 0.727. The lowest BCUT2D eigenvalue weighted by Gasteiger charge is -2.34. The molecule has 0 bridgehead atoms. The summed E-state index contributed by atoms with van der Waals surface area (Å²) in [6.45, 7) is 2.36. The van der Waals surface area contributed by atoms with Crippen LogP contribution in [0.15, 0.2) is 35.1 Å². The predicted molar refractivity (Wildman–Crippen MR) is 104 cm³/mol. The molecule has 1 aromatic carbocycles. The normalized spacial score (nSPS) is 14.4. The number of carbonyl (C=O) groups is 1. The molecule has 1 aliphatic heterocycles. The molecule has 146 valence electrons. The van der Waals surface area contributed by atoms with Crippen LogP contribution in [-0.2, 0) is 0 Å². The van der Waals surface area contributed by atoms with Crippen molar-refractivity contribution in [1.82, 2.24) is 14.9 Å². The van der Waals surface area contributed by atoms with Crippen molar-refractivity contribution in [3.63, 3.8) is 0 Å². The van der Waals surface area contributed by atoms with Crippen molar-refractivity contribution in [2.75, 3.05) is 51.0 Å². The first kappa shape index (κ1) is 17.9. The highest BCUT2D eigenvalue weighted by molar-refractivity contribution is 5.94. The molecule has 3 aromatic rings. The Morgan fingerprint density at radius 3 is 2.46 bits per heavy atom. The van der Waals surface area contributed by atoms with Crippen molar-refractivity contribution in [2.45, 2.75) is 0 Å². The second kappa shape index (κ2) is 7.26. The number of piperazine rings is 1. The average molecular weight is 383 g/mol. The standard InChI is InChI=1S/C19H21N5O4/c1-26-15-9-13-14(10-16(15)27-2)21-19(22-17(13)20)24-6-4-23(5-7-24)18(25)12-3-8-28-11-12/h3,8-11H,4-7H2,1-2H3,(H2,20,21,22). The molecule has 0 atom stereocenters. The van der Waals surface area contributed by atoms with Crippen LogP contribution in [0.1, 0.15) is 10.4 Å². The van der Waals surface area contributed by atoms with E-state index >= 15 is 0 Å². The lowest BCUT2D eigenvalue weighted by Crippen LogP contribution is -2.49. The van der Waals surface area contributed by atoms with E-state index in [0.717, 1.165) is 0 Å². The maximum absolute atomic E-state index is 12.4. The lowest BCUT2D eigenvalue weighted by atomic mass is 10.2. The SMILES string of the molecule is COc1cc2nc(N3CCN(C(=O)c4ccoc4)CC3)nc(N)c2cc1OC. The van der Waals surface area contributed by atoms with Gasteiger partial charge in [0.2, 0.25) is 5.95 Å². The third-order valence-electron chi connectivity index (χ3n) is 4.84. The fraction of sp³-hybridized carbons (Fsp3) is 0.316. The molecule has 9 heteroatoms. The minimum atomic E-state index is -0.0378. The molecule has 0 radical (unpaired) electrons. The molecular formula is C19H21N5O4. The molecule has 9 nitrogen and oxygen atoms in total. The number of nitrogens with two attached hydrogens (primary N) is 1. The number of methoxy groups -OCH3 is 2. The summed E-state index contributed by atoms with van der Waals surface area (Å²) in [6, 6.07) is 5.23. The van der Waals surface area contributed by atoms with Crippen LogP contribution in [-0.4, -0.2) is 61.2 Å². The minimum absolute atomic E-state index is 0.0378. The van der Waals surface area contributed by atoms with Gasteiger partial charge in [0.15, 0.2) is 11.5 Å². The molecule has 2 aromatic heterocycles. The van der Waals surface area contributed by atoms with E-state index in [4.69, 9.17) is 19.6 Å². The van der Waals surface area contributed by atoms with Gasteiger partial charge in [-0.2, -0.15) is 4.98 Å². The van der Waals surface area contributed by atoms with Gasteiger partial charge in [0.1, 0.15) is 12.1 Å². The van der Waals surface area contributed by atoms with Crippen LogP contribution in [0.3, 0.4) is 0 Å². The summed E-state index contributed by atoms with van der Waals surface area (Å²) in [7, 11) is 3.14. The summed E-state index contributed by atoms with van der Waals surface area (Å²) >= 11 is 0. The Hall–Kier alpha value is -3.49. The van der Waals surface area contributed by atoms with Gasteiger partial charge < -0.3 is 29.4 Å². The highest BCUT2D eigenvalue weighted by atomic mass is 16.5. The van der Waals surface area contributed by atoms with Crippen LogP contribution in [0.5, 0.6) is 11.5 Å². The van der Waals surface area contributed by atoms with Gasteiger partial charge in [-0.3, -0.25) is 4.79 Å². The van der Waals surface area contributed by atoms with E-state index < -0.39 is 0 Å². The van der Waals surface area contributed by atoms with E-state index in [0.29, 0.717) is 65.9 Å². The molecule has 1 aliphatic rings. The Morgan fingerprint density at radius 2 is 1.82 bits per heavy atom. The van der Waals surface area contributed by atoms with Crippen molar-refractivity contribution < 1.29 is 18.7 Å². The van der Waals surface area contributed by atoms with E-state index in [2.05, 4.69) is 9.97 Å². The first-order valence-electron chi connectivity index (χ1n) is 8.86. The summed E-state index contributed by atoms with van der Waals surface area (Å²) in [6.07, 6.45) is 2.96. The van der Waals surface area contributed by atoms with Crippen LogP contribution < -0.4 is 20.1 Å². The number of aromatic nitrogens is 2. The molecule has 2 N–H and O–H groups in total. The monoisotopic (exact) mass is 383 g/mol. The van der Waals surface area contributed by atoms with Crippen LogP contribution in [0.4, 0.5) is 11.8 Å². The van der Waals surface area contributed by atoms with Gasteiger partial charge >= 0.3 is 0 Å². The summed E-state index contributed by atoms with van der Waals surface area (Å²) < 4.78 is 15.7. The summed E-state index contributed by atoms with van der Waals surface area (Å²) in [5, 5.41) is 0.704. The largest absolute Gasteiger partial charge is 0.493 e. The van der Waals surface area contributed by atoms with Crippen molar-refractivity contribution >= 4 is 28.6 Å². The third-order valence-corrected chi connectivity index (χ3v) is 4.84. The number of benzene rings is 1. The van der Waals surface area contributed by atoms with Crippen molar-refractivity contribution in [3.8, 4) is 11.5 Å². The molecule has 0 spiro atoms. The fourth-order valence-electron chi connectivity index (χ4n) is 3.29. The number of amides is 1. The Bertz CT molecular complexity index is 997. The zero-order valence-electron chi connectivity index (χ0n) is 15.7. The molecule has 3 heterocycles. The Morgan fingerprint density at radius 1 is 1.11 bits per heavy atom.